The highest BCUT2D eigenvalue weighted by molar-refractivity contribution is 6.30. The molecular weight excluding hydrogens is 520 g/mol. The molecular formula is C28H31ClN6O4. The summed E-state index contributed by atoms with van der Waals surface area (Å²) in [4.78, 5) is 45.3. The lowest BCUT2D eigenvalue weighted by Gasteiger charge is -2.14. The molecule has 0 saturated heterocycles. The summed E-state index contributed by atoms with van der Waals surface area (Å²) in [5.74, 6) is 2.00. The third-order valence-corrected chi connectivity index (χ3v) is 6.50. The number of anilines is 2. The molecule has 4 rings (SSSR count). The number of amides is 2. The summed E-state index contributed by atoms with van der Waals surface area (Å²) in [7, 11) is 1.58. The average molecular weight is 551 g/mol. The number of methoxy groups -OCH3 is 1. The van der Waals surface area contributed by atoms with Crippen LogP contribution < -0.4 is 26.0 Å². The second-order valence-electron chi connectivity index (χ2n) is 9.14. The minimum Gasteiger partial charge on any atom is -0.497 e. The van der Waals surface area contributed by atoms with Crippen LogP contribution in [0, 0.1) is 0 Å². The first-order valence-electron chi connectivity index (χ1n) is 12.7. The van der Waals surface area contributed by atoms with E-state index in [4.69, 9.17) is 16.3 Å². The van der Waals surface area contributed by atoms with Crippen molar-refractivity contribution in [3.05, 3.63) is 64.7 Å². The van der Waals surface area contributed by atoms with Gasteiger partial charge in [-0.15, -0.1) is 0 Å². The Hall–Kier alpha value is -4.18. The number of nitrogens with zero attached hydrogens (tertiary/aromatic N) is 2. The third-order valence-electron chi connectivity index (χ3n) is 6.25. The van der Waals surface area contributed by atoms with Crippen LogP contribution in [-0.4, -0.2) is 60.9 Å². The van der Waals surface area contributed by atoms with Gasteiger partial charge in [0.2, 0.25) is 11.8 Å². The van der Waals surface area contributed by atoms with E-state index >= 15 is 0 Å². The number of fused-ring (bicyclic) bond motifs is 1. The van der Waals surface area contributed by atoms with Gasteiger partial charge in [-0.2, -0.15) is 0 Å². The van der Waals surface area contributed by atoms with Crippen LogP contribution in [0.15, 0.2) is 48.5 Å². The lowest BCUT2D eigenvalue weighted by Crippen LogP contribution is -2.30. The molecule has 11 heteroatoms. The molecule has 0 spiro atoms. The Morgan fingerprint density at radius 3 is 2.26 bits per heavy atom. The molecule has 0 radical (unpaired) electrons. The minimum atomic E-state index is -0.162. The fraction of sp³-hybridized carbons (Fsp3) is 0.321. The number of ketones is 1. The zero-order valence-electron chi connectivity index (χ0n) is 21.8. The molecule has 1 atom stereocenters. The molecule has 1 aliphatic carbocycles. The Bertz CT molecular complexity index is 1350. The Labute approximate surface area is 231 Å². The highest BCUT2D eigenvalue weighted by Crippen LogP contribution is 2.37. The van der Waals surface area contributed by atoms with Gasteiger partial charge in [0.25, 0.3) is 0 Å². The Morgan fingerprint density at radius 2 is 1.62 bits per heavy atom. The van der Waals surface area contributed by atoms with Crippen LogP contribution in [0.4, 0.5) is 11.6 Å². The van der Waals surface area contributed by atoms with Gasteiger partial charge in [-0.25, -0.2) is 9.97 Å². The second kappa shape index (κ2) is 13.1. The van der Waals surface area contributed by atoms with Crippen molar-refractivity contribution in [1.29, 1.82) is 0 Å². The van der Waals surface area contributed by atoms with E-state index in [0.717, 1.165) is 11.1 Å². The molecule has 0 bridgehead atoms. The number of benzene rings is 2. The number of carbonyl (C=O) groups excluding carboxylic acids is 3. The summed E-state index contributed by atoms with van der Waals surface area (Å²) in [5.41, 5.74) is 2.32. The summed E-state index contributed by atoms with van der Waals surface area (Å²) in [5, 5.41) is 12.7. The maximum atomic E-state index is 12.6. The number of hydrogen-bond donors (Lipinski definition) is 4. The number of Topliss-reactive ketones (excluding diaryl/α,β-unsaturated/α-hetero) is 1. The Morgan fingerprint density at radius 1 is 0.949 bits per heavy atom. The first-order chi connectivity index (χ1) is 18.8. The van der Waals surface area contributed by atoms with Crippen LogP contribution in [0.1, 0.15) is 41.6 Å². The van der Waals surface area contributed by atoms with Crippen molar-refractivity contribution in [2.75, 3.05) is 43.9 Å². The highest BCUT2D eigenvalue weighted by Gasteiger charge is 2.31. The zero-order chi connectivity index (χ0) is 27.8. The lowest BCUT2D eigenvalue weighted by atomic mass is 9.97. The van der Waals surface area contributed by atoms with Gasteiger partial charge < -0.3 is 26.0 Å². The molecule has 1 aromatic heterocycles. The molecule has 0 fully saturated rings. The molecule has 1 unspecified atom stereocenters. The normalized spacial score (nSPS) is 13.9. The monoisotopic (exact) mass is 550 g/mol. The summed E-state index contributed by atoms with van der Waals surface area (Å²) in [6, 6.07) is 14.4. The lowest BCUT2D eigenvalue weighted by molar-refractivity contribution is -0.121. The fourth-order valence-electron chi connectivity index (χ4n) is 4.36. The van der Waals surface area contributed by atoms with Crippen LogP contribution >= 0.6 is 11.6 Å². The van der Waals surface area contributed by atoms with Crippen molar-refractivity contribution in [2.24, 2.45) is 0 Å². The van der Waals surface area contributed by atoms with Gasteiger partial charge >= 0.3 is 0 Å². The number of halogens is 1. The molecule has 0 aliphatic heterocycles. The second-order valence-corrected chi connectivity index (χ2v) is 9.57. The molecule has 1 aliphatic rings. The molecule has 0 saturated carbocycles. The van der Waals surface area contributed by atoms with Gasteiger partial charge in [-0.1, -0.05) is 11.6 Å². The van der Waals surface area contributed by atoms with Gasteiger partial charge in [0.05, 0.1) is 7.11 Å². The van der Waals surface area contributed by atoms with Crippen LogP contribution in [0.3, 0.4) is 0 Å². The summed E-state index contributed by atoms with van der Waals surface area (Å²) in [6.45, 7) is 3.21. The number of rotatable bonds is 12. The van der Waals surface area contributed by atoms with Crippen molar-refractivity contribution in [1.82, 2.24) is 20.6 Å². The van der Waals surface area contributed by atoms with Gasteiger partial charge in [0, 0.05) is 74.1 Å². The van der Waals surface area contributed by atoms with E-state index in [1.807, 2.05) is 18.2 Å². The molecule has 3 aromatic rings. The summed E-state index contributed by atoms with van der Waals surface area (Å²) < 4.78 is 5.28. The Balaban J connectivity index is 1.34. The van der Waals surface area contributed by atoms with Crippen LogP contribution in [0.25, 0.3) is 11.4 Å². The molecule has 2 amide bonds. The van der Waals surface area contributed by atoms with Crippen molar-refractivity contribution in [2.45, 2.75) is 25.7 Å². The maximum Gasteiger partial charge on any atom is 0.220 e. The zero-order valence-corrected chi connectivity index (χ0v) is 22.6. The van der Waals surface area contributed by atoms with E-state index in [2.05, 4.69) is 31.2 Å². The SMILES string of the molecule is COc1ccc2c(c1)C(CC(=O)NCCNc1cc(NCCNC(C)=O)nc(-c3ccc(Cl)cc3)n1)CC2=O. The van der Waals surface area contributed by atoms with E-state index < -0.39 is 0 Å². The van der Waals surface area contributed by atoms with Crippen LogP contribution in [0.2, 0.25) is 5.02 Å². The first kappa shape index (κ1) is 27.8. The van der Waals surface area contributed by atoms with Crippen molar-refractivity contribution < 1.29 is 19.1 Å². The standard InChI is InChI=1S/C28H31ClN6O4/c1-17(36)30-9-10-31-25-16-26(35-28(34-25)18-3-5-20(29)6-4-18)32-11-12-33-27(38)14-19-13-24(37)22-8-7-21(39-2)15-23(19)22/h3-8,15-16,19H,9-14H2,1-2H3,(H,30,36)(H,33,38)(H2,31,32,34,35). The number of carbonyl (C=O) groups is 3. The van der Waals surface area contributed by atoms with E-state index in [1.165, 1.54) is 6.92 Å². The molecule has 2 aromatic carbocycles. The van der Waals surface area contributed by atoms with Crippen LogP contribution in [-0.2, 0) is 9.59 Å². The molecule has 204 valence electrons. The number of ether oxygens (including phenoxy) is 1. The number of hydrogen-bond acceptors (Lipinski definition) is 8. The van der Waals surface area contributed by atoms with E-state index in [-0.39, 0.29) is 29.9 Å². The van der Waals surface area contributed by atoms with E-state index in [0.29, 0.717) is 66.4 Å². The maximum absolute atomic E-state index is 12.6. The van der Waals surface area contributed by atoms with Gasteiger partial charge in [0.1, 0.15) is 17.4 Å². The van der Waals surface area contributed by atoms with Crippen LogP contribution in [0.5, 0.6) is 5.75 Å². The summed E-state index contributed by atoms with van der Waals surface area (Å²) in [6.07, 6.45) is 0.544. The van der Waals surface area contributed by atoms with E-state index in [9.17, 15) is 14.4 Å². The van der Waals surface area contributed by atoms with Gasteiger partial charge in [0.15, 0.2) is 11.6 Å². The van der Waals surface area contributed by atoms with Crippen molar-refractivity contribution in [3.63, 3.8) is 0 Å². The average Bonchev–Trinajstić information content (AvgIpc) is 3.23. The molecule has 4 N–H and O–H groups in total. The fourth-order valence-corrected chi connectivity index (χ4v) is 4.49. The van der Waals surface area contributed by atoms with Gasteiger partial charge in [-0.3, -0.25) is 14.4 Å². The van der Waals surface area contributed by atoms with Crippen molar-refractivity contribution >= 4 is 40.8 Å². The smallest absolute Gasteiger partial charge is 0.220 e. The summed E-state index contributed by atoms with van der Waals surface area (Å²) >= 11 is 6.02. The predicted molar refractivity (Wildman–Crippen MR) is 150 cm³/mol. The largest absolute Gasteiger partial charge is 0.497 e. The van der Waals surface area contributed by atoms with E-state index in [1.54, 1.807) is 37.4 Å². The Kier molecular flexibility index (Phi) is 9.32. The molecule has 1 heterocycles. The number of aromatic nitrogens is 2. The predicted octanol–water partition coefficient (Wildman–Crippen LogP) is 3.64. The molecule has 39 heavy (non-hydrogen) atoms. The van der Waals surface area contributed by atoms with Gasteiger partial charge in [-0.05, 0) is 48.0 Å². The topological polar surface area (TPSA) is 134 Å². The first-order valence-corrected chi connectivity index (χ1v) is 13.0. The molecule has 10 nitrogen and oxygen atoms in total. The van der Waals surface area contributed by atoms with Crippen molar-refractivity contribution in [3.8, 4) is 17.1 Å². The third kappa shape index (κ3) is 7.67. The quantitative estimate of drug-likeness (QED) is 0.251. The number of nitrogens with one attached hydrogen (secondary N) is 4. The minimum absolute atomic E-state index is 0.0499. The highest BCUT2D eigenvalue weighted by atomic mass is 35.5.